The van der Waals surface area contributed by atoms with Gasteiger partial charge in [-0.3, -0.25) is 24.2 Å². The van der Waals surface area contributed by atoms with Crippen LogP contribution in [0.1, 0.15) is 80.1 Å². The van der Waals surface area contributed by atoms with E-state index in [1.165, 1.54) is 0 Å². The highest BCUT2D eigenvalue weighted by molar-refractivity contribution is 6.04. The van der Waals surface area contributed by atoms with Crippen molar-refractivity contribution in [3.05, 3.63) is 0 Å². The lowest BCUT2D eigenvalue weighted by atomic mass is 9.74. The topological polar surface area (TPSA) is 121 Å². The zero-order valence-corrected chi connectivity index (χ0v) is 32.0. The predicted octanol–water partition coefficient (Wildman–Crippen LogP) is 2.65. The molecule has 4 saturated heterocycles. The van der Waals surface area contributed by atoms with Crippen LogP contribution in [0.5, 0.6) is 0 Å². The number of amides is 1. The second-order valence-corrected chi connectivity index (χ2v) is 16.5. The summed E-state index contributed by atoms with van der Waals surface area (Å²) in [5.41, 5.74) is -2.40. The number of carbonyl (C=O) groups excluding carboxylic acids is 3. The number of rotatable bonds is 7. The zero-order chi connectivity index (χ0) is 36.3. The molecule has 4 heterocycles. The van der Waals surface area contributed by atoms with Gasteiger partial charge in [0.15, 0.2) is 12.1 Å². The van der Waals surface area contributed by atoms with Gasteiger partial charge in [-0.25, -0.2) is 0 Å². The van der Waals surface area contributed by atoms with E-state index in [1.54, 1.807) is 27.9 Å². The van der Waals surface area contributed by atoms with Crippen LogP contribution in [0.3, 0.4) is 0 Å². The summed E-state index contributed by atoms with van der Waals surface area (Å²) in [5, 5.41) is 11.4. The predicted molar refractivity (Wildman–Crippen MR) is 187 cm³/mol. The number of Topliss-reactive ketones (excluding diaryl/α,β-unsaturated/α-hetero) is 1. The normalized spacial score (nSPS) is 38.2. The summed E-state index contributed by atoms with van der Waals surface area (Å²) in [6, 6.07) is -0.253. The number of methoxy groups -OCH3 is 1. The Morgan fingerprint density at radius 2 is 1.67 bits per heavy atom. The highest BCUT2D eigenvalue weighted by atomic mass is 16.7. The number of aliphatic hydroxyl groups excluding tert-OH is 1. The van der Waals surface area contributed by atoms with Crippen molar-refractivity contribution in [2.45, 2.75) is 122 Å². The Morgan fingerprint density at radius 3 is 2.27 bits per heavy atom. The summed E-state index contributed by atoms with van der Waals surface area (Å²) < 4.78 is 25.1. The maximum Gasteiger partial charge on any atom is 0.319 e. The molecule has 4 aliphatic heterocycles. The quantitative estimate of drug-likeness (QED) is 0.313. The number of hydrogen-bond donors (Lipinski definition) is 1. The average molecular weight is 695 g/mol. The molecular weight excluding hydrogens is 628 g/mol. The molecule has 0 aromatic carbocycles. The number of likely N-dealkylation sites (tertiary alicyclic amines) is 2. The van der Waals surface area contributed by atoms with Gasteiger partial charge in [0, 0.05) is 44.7 Å². The summed E-state index contributed by atoms with van der Waals surface area (Å²) in [5.74, 6) is -1.11. The molecule has 1 N–H and O–H groups in total. The van der Waals surface area contributed by atoms with Gasteiger partial charge in [-0.15, -0.1) is 0 Å². The van der Waals surface area contributed by atoms with Gasteiger partial charge in [0.1, 0.15) is 18.1 Å². The average Bonchev–Trinajstić information content (AvgIpc) is 3.56. The Kier molecular flexibility index (Phi) is 13.7. The van der Waals surface area contributed by atoms with Gasteiger partial charge in [0.25, 0.3) is 0 Å². The minimum Gasteiger partial charge on any atom is -0.463 e. The van der Waals surface area contributed by atoms with Crippen molar-refractivity contribution >= 4 is 17.7 Å². The van der Waals surface area contributed by atoms with E-state index in [1.807, 2.05) is 37.7 Å². The molecule has 0 aromatic rings. The number of carbonyl (C=O) groups is 3. The van der Waals surface area contributed by atoms with Crippen LogP contribution >= 0.6 is 0 Å². The summed E-state index contributed by atoms with van der Waals surface area (Å²) in [6.07, 6.45) is 2.28. The molecule has 0 aromatic heterocycles. The Hall–Kier alpha value is -1.67. The lowest BCUT2D eigenvalue weighted by Crippen LogP contribution is -2.59. The van der Waals surface area contributed by atoms with Crippen LogP contribution in [-0.2, 0) is 33.3 Å². The molecule has 0 spiro atoms. The third-order valence-electron chi connectivity index (χ3n) is 11.9. The van der Waals surface area contributed by atoms with Gasteiger partial charge >= 0.3 is 5.97 Å². The van der Waals surface area contributed by atoms with E-state index < -0.39 is 41.4 Å². The first-order valence-corrected chi connectivity index (χ1v) is 18.6. The van der Waals surface area contributed by atoms with Crippen molar-refractivity contribution < 1.29 is 38.4 Å². The smallest absolute Gasteiger partial charge is 0.319 e. The third kappa shape index (κ3) is 9.42. The number of piperidine rings is 1. The molecule has 1 amide bonds. The molecule has 0 bridgehead atoms. The fourth-order valence-electron chi connectivity index (χ4n) is 8.83. The Morgan fingerprint density at radius 1 is 1.04 bits per heavy atom. The van der Waals surface area contributed by atoms with Crippen LogP contribution in [0, 0.1) is 23.2 Å². The monoisotopic (exact) mass is 694 g/mol. The van der Waals surface area contributed by atoms with Crippen molar-refractivity contribution in [2.75, 3.05) is 74.1 Å². The minimum absolute atomic E-state index is 0.0672. The number of ether oxygens (including phenoxy) is 4. The highest BCUT2D eigenvalue weighted by Gasteiger charge is 2.51. The van der Waals surface area contributed by atoms with Gasteiger partial charge in [-0.2, -0.15) is 0 Å². The first kappa shape index (κ1) is 40.1. The standard InChI is InChI=1S/C37H66N4O8/c1-24-20-37(6,46-10)33(49-34-31(43)28(38(7)8)19-25(2)48-34)26(3)32(44)36(4,5)35(45)47-23-29(39(9)21-24)27-13-17-41(18-14-27)30(42)22-40-15-11-12-16-40/h24-29,31,33-34,43H,11-23H2,1-10H3/t24-,25-,26+,28+,29?,31-,33-,34+,37-/m1/s1. The Bertz CT molecular complexity index is 1120. The maximum atomic E-state index is 14.3. The largest absolute Gasteiger partial charge is 0.463 e. The molecule has 1 unspecified atom stereocenters. The molecule has 4 aliphatic rings. The van der Waals surface area contributed by atoms with Gasteiger partial charge in [0.2, 0.25) is 5.91 Å². The molecule has 0 aliphatic carbocycles. The maximum absolute atomic E-state index is 14.3. The second kappa shape index (κ2) is 16.8. The number of cyclic esters (lactones) is 1. The van der Waals surface area contributed by atoms with Gasteiger partial charge in [-0.1, -0.05) is 13.8 Å². The fourth-order valence-corrected chi connectivity index (χ4v) is 8.83. The first-order chi connectivity index (χ1) is 23.0. The number of aliphatic hydroxyl groups is 1. The summed E-state index contributed by atoms with van der Waals surface area (Å²) in [4.78, 5) is 49.6. The van der Waals surface area contributed by atoms with Crippen LogP contribution in [0.25, 0.3) is 0 Å². The van der Waals surface area contributed by atoms with Gasteiger partial charge in [-0.05, 0) is 112 Å². The molecule has 0 radical (unpaired) electrons. The first-order valence-electron chi connectivity index (χ1n) is 18.6. The molecule has 9 atom stereocenters. The molecule has 49 heavy (non-hydrogen) atoms. The molecule has 282 valence electrons. The SMILES string of the molecule is CO[C@]1(C)C[C@@H](C)CN(C)C(C2CCN(C(=O)CN3CCCC3)CC2)COC(=O)C(C)(C)C(=O)[C@H](C)[C@H]1O[C@@H]1O[C@H](C)C[C@H](N(C)C)[C@H]1O. The number of hydrogen-bond acceptors (Lipinski definition) is 11. The van der Waals surface area contributed by atoms with Crippen molar-refractivity contribution in [1.82, 2.24) is 19.6 Å². The molecule has 4 rings (SSSR count). The van der Waals surface area contributed by atoms with E-state index in [0.717, 1.165) is 38.8 Å². The van der Waals surface area contributed by atoms with E-state index in [0.29, 0.717) is 39.0 Å². The number of likely N-dealkylation sites (N-methyl/N-ethyl adjacent to an activating group) is 2. The van der Waals surface area contributed by atoms with Crippen molar-refractivity contribution in [3.63, 3.8) is 0 Å². The van der Waals surface area contributed by atoms with Crippen LogP contribution in [0.15, 0.2) is 0 Å². The summed E-state index contributed by atoms with van der Waals surface area (Å²) >= 11 is 0. The summed E-state index contributed by atoms with van der Waals surface area (Å²) in [7, 11) is 7.55. The van der Waals surface area contributed by atoms with Crippen molar-refractivity contribution in [3.8, 4) is 0 Å². The van der Waals surface area contributed by atoms with Gasteiger partial charge in [0.05, 0.1) is 24.4 Å². The molecule has 12 nitrogen and oxygen atoms in total. The molecule has 0 saturated carbocycles. The Labute approximate surface area is 295 Å². The van der Waals surface area contributed by atoms with E-state index in [2.05, 4.69) is 23.8 Å². The molecule has 4 fully saturated rings. The van der Waals surface area contributed by atoms with E-state index in [-0.39, 0.29) is 48.3 Å². The van der Waals surface area contributed by atoms with E-state index >= 15 is 0 Å². The molecular formula is C37H66N4O8. The number of esters is 1. The van der Waals surface area contributed by atoms with Crippen LogP contribution in [0.2, 0.25) is 0 Å². The van der Waals surface area contributed by atoms with E-state index in [9.17, 15) is 19.5 Å². The highest BCUT2D eigenvalue weighted by Crippen LogP contribution is 2.39. The third-order valence-corrected chi connectivity index (χ3v) is 11.9. The van der Waals surface area contributed by atoms with Crippen molar-refractivity contribution in [1.29, 1.82) is 0 Å². The van der Waals surface area contributed by atoms with Crippen LogP contribution < -0.4 is 0 Å². The summed E-state index contributed by atoms with van der Waals surface area (Å²) in [6.45, 7) is 15.8. The second-order valence-electron chi connectivity index (χ2n) is 16.5. The minimum atomic E-state index is -1.45. The van der Waals surface area contributed by atoms with Crippen LogP contribution in [-0.4, -0.2) is 159 Å². The van der Waals surface area contributed by atoms with Crippen LogP contribution in [0.4, 0.5) is 0 Å². The fraction of sp³-hybridized carbons (Fsp3) is 0.919. The lowest BCUT2D eigenvalue weighted by Gasteiger charge is -2.47. The molecule has 12 heteroatoms. The Balaban J connectivity index is 1.56. The van der Waals surface area contributed by atoms with Crippen molar-refractivity contribution in [2.24, 2.45) is 23.2 Å². The van der Waals surface area contributed by atoms with E-state index in [4.69, 9.17) is 18.9 Å². The number of ketones is 1. The zero-order valence-electron chi connectivity index (χ0n) is 32.0. The number of nitrogens with zero attached hydrogens (tertiary/aromatic N) is 4. The lowest BCUT2D eigenvalue weighted by molar-refractivity contribution is -0.295. The van der Waals surface area contributed by atoms with Gasteiger partial charge < -0.3 is 33.9 Å².